The third kappa shape index (κ3) is 5.37. The molecule has 0 bridgehead atoms. The first-order valence-electron chi connectivity index (χ1n) is 10.3. The quantitative estimate of drug-likeness (QED) is 0.535. The lowest BCUT2D eigenvalue weighted by Gasteiger charge is -2.20. The fourth-order valence-electron chi connectivity index (χ4n) is 4.26. The van der Waals surface area contributed by atoms with Crippen molar-refractivity contribution in [2.75, 3.05) is 6.61 Å². The summed E-state index contributed by atoms with van der Waals surface area (Å²) in [6, 6.07) is 7.15. The van der Waals surface area contributed by atoms with Gasteiger partial charge in [0.25, 0.3) is 20.2 Å². The molecule has 0 radical (unpaired) electrons. The lowest BCUT2D eigenvalue weighted by Crippen LogP contribution is -2.28. The minimum absolute atomic E-state index is 0.0451. The Morgan fingerprint density at radius 1 is 0.742 bits per heavy atom. The van der Waals surface area contributed by atoms with E-state index in [4.69, 9.17) is 8.37 Å². The van der Waals surface area contributed by atoms with Gasteiger partial charge in [0.2, 0.25) is 0 Å². The first-order valence-corrected chi connectivity index (χ1v) is 13.1. The third-order valence-corrected chi connectivity index (χ3v) is 8.73. The summed E-state index contributed by atoms with van der Waals surface area (Å²) >= 11 is 0. The molecule has 6 nitrogen and oxygen atoms in total. The van der Waals surface area contributed by atoms with Crippen molar-refractivity contribution in [3.8, 4) is 0 Å². The van der Waals surface area contributed by atoms with Gasteiger partial charge in [-0.25, -0.2) is 0 Å². The van der Waals surface area contributed by atoms with Crippen LogP contribution in [0.3, 0.4) is 0 Å². The van der Waals surface area contributed by atoms with Crippen molar-refractivity contribution in [1.82, 2.24) is 0 Å². The van der Waals surface area contributed by atoms with Crippen LogP contribution in [0.25, 0.3) is 0 Å². The highest BCUT2D eigenvalue weighted by Crippen LogP contribution is 2.37. The second-order valence-electron chi connectivity index (χ2n) is 8.62. The number of aryl methyl sites for hydroxylation is 6. The lowest BCUT2D eigenvalue weighted by molar-refractivity contribution is 0.119. The van der Waals surface area contributed by atoms with E-state index in [1.54, 1.807) is 52.0 Å². The van der Waals surface area contributed by atoms with Gasteiger partial charge in [0, 0.05) is 0 Å². The van der Waals surface area contributed by atoms with Crippen molar-refractivity contribution in [3.05, 3.63) is 57.6 Å². The van der Waals surface area contributed by atoms with E-state index in [0.29, 0.717) is 22.3 Å². The Labute approximate surface area is 185 Å². The molecule has 0 aromatic heterocycles. The average Bonchev–Trinajstić information content (AvgIpc) is 3.41. The summed E-state index contributed by atoms with van der Waals surface area (Å²) in [4.78, 5) is 0.262. The maximum Gasteiger partial charge on any atom is 0.297 e. The maximum atomic E-state index is 13.0. The Hall–Kier alpha value is -1.74. The molecular formula is C23H30O6S2. The molecule has 8 heteroatoms. The molecule has 0 heterocycles. The van der Waals surface area contributed by atoms with Gasteiger partial charge in [-0.05, 0) is 82.6 Å². The van der Waals surface area contributed by atoms with E-state index in [2.05, 4.69) is 0 Å². The van der Waals surface area contributed by atoms with Crippen LogP contribution >= 0.6 is 0 Å². The van der Waals surface area contributed by atoms with Crippen LogP contribution in [0.4, 0.5) is 0 Å². The van der Waals surface area contributed by atoms with Crippen LogP contribution in [0.2, 0.25) is 0 Å². The van der Waals surface area contributed by atoms with Crippen LogP contribution in [-0.4, -0.2) is 29.5 Å². The van der Waals surface area contributed by atoms with E-state index in [1.165, 1.54) is 0 Å². The molecule has 0 amide bonds. The van der Waals surface area contributed by atoms with Crippen LogP contribution < -0.4 is 0 Å². The first-order chi connectivity index (χ1) is 14.3. The highest BCUT2D eigenvalue weighted by atomic mass is 32.2. The van der Waals surface area contributed by atoms with Crippen molar-refractivity contribution in [3.63, 3.8) is 0 Å². The largest absolute Gasteiger partial charge is 0.297 e. The second-order valence-corrected chi connectivity index (χ2v) is 11.7. The fraction of sp³-hybridized carbons (Fsp3) is 0.478. The molecule has 0 N–H and O–H groups in total. The molecule has 1 fully saturated rings. The summed E-state index contributed by atoms with van der Waals surface area (Å²) in [5.74, 6) is -0.0451. The summed E-state index contributed by atoms with van der Waals surface area (Å²) in [6.45, 7) is 10.4. The van der Waals surface area contributed by atoms with Crippen LogP contribution in [0.1, 0.15) is 46.2 Å². The number of rotatable bonds is 8. The first kappa shape index (κ1) is 23.9. The topological polar surface area (TPSA) is 86.7 Å². The van der Waals surface area contributed by atoms with E-state index in [0.717, 1.165) is 24.0 Å². The zero-order valence-electron chi connectivity index (χ0n) is 18.9. The molecule has 1 aliphatic rings. The van der Waals surface area contributed by atoms with E-state index in [9.17, 15) is 16.8 Å². The van der Waals surface area contributed by atoms with Gasteiger partial charge in [-0.15, -0.1) is 0 Å². The molecule has 1 aliphatic carbocycles. The summed E-state index contributed by atoms with van der Waals surface area (Å²) < 4.78 is 62.7. The molecular weight excluding hydrogens is 436 g/mol. The smallest absolute Gasteiger partial charge is 0.264 e. The molecule has 31 heavy (non-hydrogen) atoms. The van der Waals surface area contributed by atoms with Crippen molar-refractivity contribution < 1.29 is 25.2 Å². The molecule has 0 saturated heterocycles. The number of hydrogen-bond donors (Lipinski definition) is 0. The molecule has 2 aromatic rings. The zero-order chi connectivity index (χ0) is 23.1. The van der Waals surface area contributed by atoms with E-state index < -0.39 is 26.3 Å². The average molecular weight is 467 g/mol. The maximum absolute atomic E-state index is 13.0. The monoisotopic (exact) mass is 466 g/mol. The van der Waals surface area contributed by atoms with Gasteiger partial charge in [0.05, 0.1) is 16.4 Å². The van der Waals surface area contributed by atoms with Crippen molar-refractivity contribution in [1.29, 1.82) is 0 Å². The van der Waals surface area contributed by atoms with Crippen LogP contribution in [0.5, 0.6) is 0 Å². The fourth-order valence-corrected chi connectivity index (χ4v) is 7.14. The zero-order valence-corrected chi connectivity index (χ0v) is 20.5. The standard InChI is InChI=1S/C23H30O6S2/c1-14-9-16(3)22(17(4)10-14)30(24,25)28-13-21(20-7-8-20)29-31(26,27)23-18(5)11-15(2)12-19(23)6/h9-12,20-21H,7-8,13H2,1-6H3. The van der Waals surface area contributed by atoms with Gasteiger partial charge in [-0.3, -0.25) is 8.37 Å². The van der Waals surface area contributed by atoms with E-state index in [1.807, 2.05) is 13.8 Å². The van der Waals surface area contributed by atoms with Crippen molar-refractivity contribution in [2.45, 2.75) is 70.3 Å². The lowest BCUT2D eigenvalue weighted by atomic mass is 10.1. The van der Waals surface area contributed by atoms with Gasteiger partial charge in [0.15, 0.2) is 0 Å². The van der Waals surface area contributed by atoms with Crippen molar-refractivity contribution in [2.24, 2.45) is 5.92 Å². The second kappa shape index (κ2) is 8.65. The van der Waals surface area contributed by atoms with Gasteiger partial charge >= 0.3 is 0 Å². The molecule has 2 aromatic carbocycles. The number of benzene rings is 2. The summed E-state index contributed by atoms with van der Waals surface area (Å²) in [7, 11) is -8.13. The van der Waals surface area contributed by atoms with Gasteiger partial charge < -0.3 is 0 Å². The van der Waals surface area contributed by atoms with Crippen LogP contribution in [0.15, 0.2) is 34.1 Å². The van der Waals surface area contributed by atoms with Gasteiger partial charge in [0.1, 0.15) is 6.10 Å². The minimum atomic E-state index is -4.07. The Balaban J connectivity index is 1.83. The Kier molecular flexibility index (Phi) is 6.68. The number of hydrogen-bond acceptors (Lipinski definition) is 6. The predicted octanol–water partition coefficient (Wildman–Crippen LogP) is 4.43. The van der Waals surface area contributed by atoms with E-state index in [-0.39, 0.29) is 22.3 Å². The van der Waals surface area contributed by atoms with Crippen LogP contribution in [-0.2, 0) is 28.6 Å². The summed E-state index contributed by atoms with van der Waals surface area (Å²) in [6.07, 6.45) is 0.696. The Morgan fingerprint density at radius 3 is 1.52 bits per heavy atom. The molecule has 0 aliphatic heterocycles. The third-order valence-electron chi connectivity index (χ3n) is 5.49. The van der Waals surface area contributed by atoms with Gasteiger partial charge in [-0.1, -0.05) is 35.4 Å². The Morgan fingerprint density at radius 2 is 1.13 bits per heavy atom. The highest BCUT2D eigenvalue weighted by Gasteiger charge is 2.38. The van der Waals surface area contributed by atoms with E-state index >= 15 is 0 Å². The predicted molar refractivity (Wildman–Crippen MR) is 119 cm³/mol. The molecule has 3 rings (SSSR count). The summed E-state index contributed by atoms with van der Waals surface area (Å²) in [5, 5.41) is 0. The normalized spacial score (nSPS) is 15.8. The highest BCUT2D eigenvalue weighted by molar-refractivity contribution is 7.87. The van der Waals surface area contributed by atoms with Crippen molar-refractivity contribution >= 4 is 20.2 Å². The molecule has 170 valence electrons. The Bertz CT molecular complexity index is 1160. The minimum Gasteiger partial charge on any atom is -0.264 e. The molecule has 0 spiro atoms. The van der Waals surface area contributed by atoms with Gasteiger partial charge in [-0.2, -0.15) is 16.8 Å². The molecule has 1 unspecified atom stereocenters. The molecule has 1 atom stereocenters. The van der Waals surface area contributed by atoms with Crippen LogP contribution in [0, 0.1) is 47.5 Å². The summed E-state index contributed by atoms with van der Waals surface area (Å²) in [5.41, 5.74) is 4.33. The SMILES string of the molecule is Cc1cc(C)c(S(=O)(=O)OCC(OS(=O)(=O)c2c(C)cc(C)cc2C)C2CC2)c(C)c1. The molecule has 1 saturated carbocycles.